The van der Waals surface area contributed by atoms with E-state index >= 15 is 0 Å². The van der Waals surface area contributed by atoms with E-state index in [-0.39, 0.29) is 11.9 Å². The van der Waals surface area contributed by atoms with E-state index in [9.17, 15) is 13.2 Å². The highest BCUT2D eigenvalue weighted by atomic mass is 35.5. The van der Waals surface area contributed by atoms with Gasteiger partial charge in [0.05, 0.1) is 35.2 Å². The van der Waals surface area contributed by atoms with Crippen molar-refractivity contribution in [3.63, 3.8) is 0 Å². The summed E-state index contributed by atoms with van der Waals surface area (Å²) < 4.78 is 60.0. The van der Waals surface area contributed by atoms with Gasteiger partial charge in [0.25, 0.3) is 5.79 Å². The molecule has 0 spiro atoms. The third kappa shape index (κ3) is 5.70. The first-order valence-electron chi connectivity index (χ1n) is 15.6. The molecule has 5 aromatic rings. The molecule has 0 saturated carbocycles. The SMILES string of the molecule is CC1(c2ccc(Cl)cn2)Oc2cccc(C3CCN(Cc4nc5cc(-c6nnc(C(F)(F)F)[nH]6)ccc5n4C[C@@H]4CCO4)CC3)c2O1. The lowest BCUT2D eigenvalue weighted by Crippen LogP contribution is -2.35. The van der Waals surface area contributed by atoms with Gasteiger partial charge in [-0.1, -0.05) is 23.7 Å². The van der Waals surface area contributed by atoms with Crippen LogP contribution >= 0.6 is 11.6 Å². The summed E-state index contributed by atoms with van der Waals surface area (Å²) in [4.78, 5) is 14.1. The number of piperidine rings is 1. The maximum absolute atomic E-state index is 13.1. The van der Waals surface area contributed by atoms with E-state index < -0.39 is 17.8 Å². The smallest absolute Gasteiger partial charge is 0.443 e. The second-order valence-corrected chi connectivity index (χ2v) is 12.8. The number of aromatic amines is 1. The summed E-state index contributed by atoms with van der Waals surface area (Å²) in [6.07, 6.45) is -0.0722. The van der Waals surface area contributed by atoms with Crippen molar-refractivity contribution in [1.29, 1.82) is 0 Å². The maximum atomic E-state index is 13.1. The maximum Gasteiger partial charge on any atom is 0.451 e. The van der Waals surface area contributed by atoms with E-state index in [2.05, 4.69) is 35.7 Å². The molecular formula is C33H31ClF3N7O3. The molecule has 0 radical (unpaired) electrons. The summed E-state index contributed by atoms with van der Waals surface area (Å²) in [6, 6.07) is 15.0. The van der Waals surface area contributed by atoms with E-state index in [1.54, 1.807) is 24.4 Å². The molecule has 2 fully saturated rings. The molecule has 0 aliphatic carbocycles. The van der Waals surface area contributed by atoms with Crippen molar-refractivity contribution >= 4 is 22.6 Å². The molecule has 10 nitrogen and oxygen atoms in total. The number of nitrogens with one attached hydrogen (secondary N) is 1. The van der Waals surface area contributed by atoms with Gasteiger partial charge in [-0.05, 0) is 74.7 Å². The highest BCUT2D eigenvalue weighted by Crippen LogP contribution is 2.49. The number of hydrogen-bond acceptors (Lipinski definition) is 8. The van der Waals surface area contributed by atoms with Gasteiger partial charge in [0.1, 0.15) is 11.5 Å². The number of fused-ring (bicyclic) bond motifs is 2. The number of benzene rings is 2. The summed E-state index contributed by atoms with van der Waals surface area (Å²) >= 11 is 6.05. The minimum atomic E-state index is -4.60. The van der Waals surface area contributed by atoms with Crippen molar-refractivity contribution < 1.29 is 27.4 Å². The van der Waals surface area contributed by atoms with E-state index in [4.69, 9.17) is 30.8 Å². The van der Waals surface area contributed by atoms with E-state index in [1.165, 1.54) is 0 Å². The number of para-hydroxylation sites is 1. The van der Waals surface area contributed by atoms with Crippen molar-refractivity contribution in [2.75, 3.05) is 19.7 Å². The van der Waals surface area contributed by atoms with E-state index in [0.717, 1.165) is 61.6 Å². The average molecular weight is 666 g/mol. The lowest BCUT2D eigenvalue weighted by molar-refractivity contribution is -0.144. The monoisotopic (exact) mass is 665 g/mol. The largest absolute Gasteiger partial charge is 0.451 e. The number of alkyl halides is 3. The molecular weight excluding hydrogens is 635 g/mol. The van der Waals surface area contributed by atoms with Gasteiger partial charge in [-0.25, -0.2) is 4.98 Å². The number of halogens is 4. The minimum Gasteiger partial charge on any atom is -0.443 e. The van der Waals surface area contributed by atoms with E-state index in [0.29, 0.717) is 46.6 Å². The van der Waals surface area contributed by atoms with Crippen LogP contribution in [0.1, 0.15) is 55.0 Å². The molecule has 244 valence electrons. The molecule has 47 heavy (non-hydrogen) atoms. The van der Waals surface area contributed by atoms with E-state index in [1.807, 2.05) is 31.2 Å². The Kier molecular flexibility index (Phi) is 7.38. The third-order valence-corrected chi connectivity index (χ3v) is 9.46. The highest BCUT2D eigenvalue weighted by Gasteiger charge is 2.42. The molecule has 1 N–H and O–H groups in total. The average Bonchev–Trinajstić information content (AvgIpc) is 3.75. The topological polar surface area (TPSA) is 103 Å². The number of ether oxygens (including phenoxy) is 3. The van der Waals surface area contributed by atoms with Gasteiger partial charge in [0.15, 0.2) is 17.3 Å². The number of likely N-dealkylation sites (tertiary alicyclic amines) is 1. The Labute approximate surface area is 272 Å². The van der Waals surface area contributed by atoms with Crippen LogP contribution in [-0.4, -0.2) is 60.4 Å². The molecule has 3 aromatic heterocycles. The van der Waals surface area contributed by atoms with Crippen LogP contribution in [-0.2, 0) is 29.8 Å². The van der Waals surface area contributed by atoms with Gasteiger partial charge >= 0.3 is 6.18 Å². The van der Waals surface area contributed by atoms with Crippen LogP contribution < -0.4 is 9.47 Å². The molecule has 3 aliphatic rings. The Morgan fingerprint density at radius 3 is 2.57 bits per heavy atom. The first-order chi connectivity index (χ1) is 22.6. The molecule has 0 bridgehead atoms. The summed E-state index contributed by atoms with van der Waals surface area (Å²) in [7, 11) is 0. The Balaban J connectivity index is 0.996. The number of H-pyrrole nitrogens is 1. The predicted molar refractivity (Wildman–Crippen MR) is 166 cm³/mol. The molecule has 2 saturated heterocycles. The van der Waals surface area contributed by atoms with Crippen LogP contribution in [0.2, 0.25) is 5.02 Å². The quantitative estimate of drug-likeness (QED) is 0.205. The van der Waals surface area contributed by atoms with Gasteiger partial charge < -0.3 is 23.8 Å². The first-order valence-corrected chi connectivity index (χ1v) is 16.0. The van der Waals surface area contributed by atoms with Crippen LogP contribution in [0.4, 0.5) is 13.2 Å². The van der Waals surface area contributed by atoms with Crippen LogP contribution in [0.15, 0.2) is 54.7 Å². The zero-order valence-corrected chi connectivity index (χ0v) is 26.2. The third-order valence-electron chi connectivity index (χ3n) is 9.23. The summed E-state index contributed by atoms with van der Waals surface area (Å²) in [5.41, 5.74) is 3.85. The number of pyridine rings is 1. The fourth-order valence-corrected chi connectivity index (χ4v) is 6.74. The second kappa shape index (κ2) is 11.5. The Bertz CT molecular complexity index is 1930. The molecule has 14 heteroatoms. The van der Waals surface area contributed by atoms with Crippen molar-refractivity contribution in [2.45, 2.75) is 63.3 Å². The fourth-order valence-electron chi connectivity index (χ4n) is 6.62. The lowest BCUT2D eigenvalue weighted by atomic mass is 9.88. The lowest BCUT2D eigenvalue weighted by Gasteiger charge is -2.33. The van der Waals surface area contributed by atoms with Crippen molar-refractivity contribution in [3.8, 4) is 22.9 Å². The fraction of sp³-hybridized carbons (Fsp3) is 0.394. The number of nitrogens with zero attached hydrogens (tertiary/aromatic N) is 6. The summed E-state index contributed by atoms with van der Waals surface area (Å²) in [6.45, 7) is 5.62. The van der Waals surface area contributed by atoms with Crippen molar-refractivity contribution in [2.24, 2.45) is 0 Å². The molecule has 1 unspecified atom stereocenters. The van der Waals surface area contributed by atoms with Gasteiger partial charge in [-0.15, -0.1) is 10.2 Å². The molecule has 8 rings (SSSR count). The molecule has 2 atom stereocenters. The summed E-state index contributed by atoms with van der Waals surface area (Å²) in [5.74, 6) is 0.526. The Morgan fingerprint density at radius 1 is 1.04 bits per heavy atom. The van der Waals surface area contributed by atoms with Crippen molar-refractivity contribution in [1.82, 2.24) is 34.6 Å². The van der Waals surface area contributed by atoms with Crippen LogP contribution in [0.5, 0.6) is 11.5 Å². The predicted octanol–water partition coefficient (Wildman–Crippen LogP) is 6.70. The van der Waals surface area contributed by atoms with Crippen molar-refractivity contribution in [3.05, 3.63) is 82.7 Å². The molecule has 3 aliphatic heterocycles. The summed E-state index contributed by atoms with van der Waals surface area (Å²) in [5, 5.41) is 7.54. The van der Waals surface area contributed by atoms with Gasteiger partial charge in [0, 0.05) is 30.9 Å². The Hall–Kier alpha value is -4.20. The molecule has 0 amide bonds. The minimum absolute atomic E-state index is 0.0474. The number of aromatic nitrogens is 6. The second-order valence-electron chi connectivity index (χ2n) is 12.4. The first kappa shape index (κ1) is 30.2. The molecule has 6 heterocycles. The number of rotatable bonds is 7. The van der Waals surface area contributed by atoms with Crippen LogP contribution in [0, 0.1) is 0 Å². The normalized spacial score (nSPS) is 21.8. The van der Waals surface area contributed by atoms with Crippen LogP contribution in [0.3, 0.4) is 0 Å². The van der Waals surface area contributed by atoms with Crippen LogP contribution in [0.25, 0.3) is 22.4 Å². The number of imidazole rings is 1. The van der Waals surface area contributed by atoms with Gasteiger partial charge in [-0.3, -0.25) is 9.88 Å². The van der Waals surface area contributed by atoms with Gasteiger partial charge in [0.2, 0.25) is 5.82 Å². The van der Waals surface area contributed by atoms with Gasteiger partial charge in [-0.2, -0.15) is 13.2 Å². The standard InChI is InChI=1S/C33H31ClF3N7O3/c1-32(27-8-6-21(34)16-38-27)46-26-4-2-3-23(29(26)47-32)19-9-12-43(13-10-19)18-28-39-24-15-20(30-40-31(42-41-30)33(35,36)37)5-7-25(24)44(28)17-22-11-14-45-22/h2-8,15-16,19,22H,9-14,17-18H2,1H3,(H,40,41,42)/t22-,32?/m0/s1. The number of hydrogen-bond donors (Lipinski definition) is 1. The zero-order valence-electron chi connectivity index (χ0n) is 25.4. The zero-order chi connectivity index (χ0) is 32.3. The molecule has 2 aromatic carbocycles. The highest BCUT2D eigenvalue weighted by molar-refractivity contribution is 6.30. The Morgan fingerprint density at radius 2 is 1.87 bits per heavy atom.